The minimum atomic E-state index is -4.49. The molecule has 0 spiro atoms. The third-order valence-electron chi connectivity index (χ3n) is 2.93. The molecule has 20 heavy (non-hydrogen) atoms. The zero-order valence-electron chi connectivity index (χ0n) is 11.0. The second kappa shape index (κ2) is 6.21. The summed E-state index contributed by atoms with van der Waals surface area (Å²) in [7, 11) is 0. The summed E-state index contributed by atoms with van der Waals surface area (Å²) in [5.41, 5.74) is 4.76. The van der Waals surface area contributed by atoms with Gasteiger partial charge in [-0.2, -0.15) is 13.2 Å². The van der Waals surface area contributed by atoms with Crippen molar-refractivity contribution in [3.8, 4) is 0 Å². The smallest absolute Gasteiger partial charge is 0.389 e. The van der Waals surface area contributed by atoms with E-state index < -0.39 is 11.7 Å². The summed E-state index contributed by atoms with van der Waals surface area (Å²) >= 11 is 4.74. The van der Waals surface area contributed by atoms with E-state index in [4.69, 9.17) is 18.0 Å². The minimum Gasteiger partial charge on any atom is -0.389 e. The van der Waals surface area contributed by atoms with Crippen molar-refractivity contribution in [2.75, 3.05) is 5.32 Å². The number of halogens is 3. The fourth-order valence-electron chi connectivity index (χ4n) is 1.47. The van der Waals surface area contributed by atoms with E-state index in [1.165, 1.54) is 0 Å². The lowest BCUT2D eigenvalue weighted by atomic mass is 10.1. The maximum atomic E-state index is 12.6. The number of nitrogens with one attached hydrogen (secondary N) is 1. The first kappa shape index (κ1) is 16.4. The normalized spacial score (nSPS) is 12.8. The molecule has 0 heterocycles. The average Bonchev–Trinajstić information content (AvgIpc) is 2.36. The molecule has 0 aliphatic carbocycles. The van der Waals surface area contributed by atoms with Crippen molar-refractivity contribution in [3.63, 3.8) is 0 Å². The highest BCUT2D eigenvalue weighted by Crippen LogP contribution is 2.32. The van der Waals surface area contributed by atoms with Gasteiger partial charge in [0.15, 0.2) is 0 Å². The molecule has 0 aliphatic rings. The third-order valence-corrected chi connectivity index (χ3v) is 3.15. The van der Waals surface area contributed by atoms with Crippen LogP contribution in [-0.4, -0.2) is 10.9 Å². The van der Waals surface area contributed by atoms with Gasteiger partial charge in [-0.1, -0.05) is 26.1 Å². The predicted octanol–water partition coefficient (Wildman–Crippen LogP) is 3.32. The van der Waals surface area contributed by atoms with E-state index in [9.17, 15) is 18.0 Å². The number of thiocarbonyl (C=S) groups is 1. The molecule has 1 rings (SSSR count). The first-order chi connectivity index (χ1) is 9.16. The van der Waals surface area contributed by atoms with Crippen LogP contribution < -0.4 is 11.1 Å². The molecular weight excluding hydrogens is 289 g/mol. The first-order valence-corrected chi connectivity index (χ1v) is 6.39. The van der Waals surface area contributed by atoms with Gasteiger partial charge in [-0.25, -0.2) is 0 Å². The summed E-state index contributed by atoms with van der Waals surface area (Å²) < 4.78 is 37.9. The van der Waals surface area contributed by atoms with Crippen molar-refractivity contribution in [3.05, 3.63) is 29.3 Å². The number of benzene rings is 1. The van der Waals surface area contributed by atoms with Gasteiger partial charge in [0.25, 0.3) is 0 Å². The molecule has 0 bridgehead atoms. The standard InChI is InChI=1S/C13H15F3N2OS/c1-3-7(2)12(19)18-10-5-4-8(13(14,15)16)6-9(10)11(17)20/h4-7H,3H2,1-2H3,(H2,17,20)(H,18,19). The molecular formula is C13H15F3N2OS. The van der Waals surface area contributed by atoms with Crippen molar-refractivity contribution in [1.82, 2.24) is 0 Å². The third kappa shape index (κ3) is 3.93. The van der Waals surface area contributed by atoms with E-state index in [0.717, 1.165) is 18.2 Å². The summed E-state index contributed by atoms with van der Waals surface area (Å²) in [6, 6.07) is 2.89. The SMILES string of the molecule is CCC(C)C(=O)Nc1ccc(C(F)(F)F)cc1C(N)=S. The van der Waals surface area contributed by atoms with Gasteiger partial charge in [-0.3, -0.25) is 4.79 Å². The number of hydrogen-bond donors (Lipinski definition) is 2. The molecule has 0 aromatic heterocycles. The summed E-state index contributed by atoms with van der Waals surface area (Å²) in [5.74, 6) is -0.541. The molecule has 1 aromatic carbocycles. The van der Waals surface area contributed by atoms with Crippen LogP contribution in [0.1, 0.15) is 31.4 Å². The van der Waals surface area contributed by atoms with Crippen molar-refractivity contribution >= 4 is 28.8 Å². The summed E-state index contributed by atoms with van der Waals surface area (Å²) in [6.45, 7) is 3.56. The zero-order valence-corrected chi connectivity index (χ0v) is 11.9. The maximum Gasteiger partial charge on any atom is 0.416 e. The second-order valence-electron chi connectivity index (χ2n) is 4.42. The van der Waals surface area contributed by atoms with Crippen LogP contribution >= 0.6 is 12.2 Å². The molecule has 0 saturated heterocycles. The lowest BCUT2D eigenvalue weighted by Crippen LogP contribution is -2.23. The number of hydrogen-bond acceptors (Lipinski definition) is 2. The van der Waals surface area contributed by atoms with E-state index in [1.54, 1.807) is 6.92 Å². The number of amides is 1. The molecule has 110 valence electrons. The largest absolute Gasteiger partial charge is 0.416 e. The highest BCUT2D eigenvalue weighted by molar-refractivity contribution is 7.80. The summed E-state index contributed by atoms with van der Waals surface area (Å²) in [5, 5.41) is 2.55. The Morgan fingerprint density at radius 3 is 2.50 bits per heavy atom. The minimum absolute atomic E-state index is 0.00600. The maximum absolute atomic E-state index is 12.6. The van der Waals surface area contributed by atoms with Crippen LogP contribution in [0.5, 0.6) is 0 Å². The molecule has 1 atom stereocenters. The Labute approximate surface area is 120 Å². The van der Waals surface area contributed by atoms with Crippen LogP contribution in [0, 0.1) is 5.92 Å². The molecule has 3 nitrogen and oxygen atoms in total. The molecule has 7 heteroatoms. The van der Waals surface area contributed by atoms with Crippen molar-refractivity contribution in [2.24, 2.45) is 11.7 Å². The zero-order chi connectivity index (χ0) is 15.5. The fourth-order valence-corrected chi connectivity index (χ4v) is 1.64. The summed E-state index contributed by atoms with van der Waals surface area (Å²) in [6.07, 6.45) is -3.87. The van der Waals surface area contributed by atoms with Gasteiger partial charge in [0.05, 0.1) is 11.3 Å². The Morgan fingerprint density at radius 2 is 2.05 bits per heavy atom. The Morgan fingerprint density at radius 1 is 1.45 bits per heavy atom. The van der Waals surface area contributed by atoms with E-state index in [-0.39, 0.29) is 28.1 Å². The number of carbonyl (C=O) groups excluding carboxylic acids is 1. The van der Waals surface area contributed by atoms with Crippen LogP contribution in [0.25, 0.3) is 0 Å². The number of anilines is 1. The Bertz CT molecular complexity index is 529. The van der Waals surface area contributed by atoms with E-state index in [1.807, 2.05) is 6.92 Å². The van der Waals surface area contributed by atoms with Crippen LogP contribution in [0.3, 0.4) is 0 Å². The lowest BCUT2D eigenvalue weighted by molar-refractivity contribution is -0.137. The van der Waals surface area contributed by atoms with Crippen LogP contribution in [0.4, 0.5) is 18.9 Å². The lowest BCUT2D eigenvalue weighted by Gasteiger charge is -2.15. The first-order valence-electron chi connectivity index (χ1n) is 5.98. The monoisotopic (exact) mass is 304 g/mol. The number of rotatable bonds is 4. The molecule has 0 fully saturated rings. The van der Waals surface area contributed by atoms with Gasteiger partial charge < -0.3 is 11.1 Å². The van der Waals surface area contributed by atoms with Gasteiger partial charge in [0.1, 0.15) is 4.99 Å². The Kier molecular flexibility index (Phi) is 5.10. The molecule has 0 saturated carbocycles. The molecule has 1 amide bonds. The highest BCUT2D eigenvalue weighted by Gasteiger charge is 2.31. The van der Waals surface area contributed by atoms with Crippen molar-refractivity contribution < 1.29 is 18.0 Å². The van der Waals surface area contributed by atoms with Gasteiger partial charge >= 0.3 is 6.18 Å². The van der Waals surface area contributed by atoms with E-state index in [2.05, 4.69) is 5.32 Å². The quantitative estimate of drug-likeness (QED) is 0.839. The van der Waals surface area contributed by atoms with Crippen LogP contribution in [0.15, 0.2) is 18.2 Å². The number of nitrogens with two attached hydrogens (primary N) is 1. The second-order valence-corrected chi connectivity index (χ2v) is 4.86. The van der Waals surface area contributed by atoms with Gasteiger partial charge in [0.2, 0.25) is 5.91 Å². The Balaban J connectivity index is 3.15. The number of alkyl halides is 3. The number of carbonyl (C=O) groups is 1. The van der Waals surface area contributed by atoms with Gasteiger partial charge in [-0.15, -0.1) is 0 Å². The van der Waals surface area contributed by atoms with Crippen LogP contribution in [0.2, 0.25) is 0 Å². The molecule has 0 aliphatic heterocycles. The predicted molar refractivity (Wildman–Crippen MR) is 75.4 cm³/mol. The Hall–Kier alpha value is -1.63. The van der Waals surface area contributed by atoms with Gasteiger partial charge in [-0.05, 0) is 24.6 Å². The van der Waals surface area contributed by atoms with E-state index in [0.29, 0.717) is 6.42 Å². The fraction of sp³-hybridized carbons (Fsp3) is 0.385. The van der Waals surface area contributed by atoms with Gasteiger partial charge in [0, 0.05) is 11.5 Å². The summed E-state index contributed by atoms with van der Waals surface area (Å²) in [4.78, 5) is 11.6. The van der Waals surface area contributed by atoms with E-state index >= 15 is 0 Å². The highest BCUT2D eigenvalue weighted by atomic mass is 32.1. The van der Waals surface area contributed by atoms with Crippen LogP contribution in [-0.2, 0) is 11.0 Å². The molecule has 1 aromatic rings. The molecule has 3 N–H and O–H groups in total. The molecule has 1 unspecified atom stereocenters. The average molecular weight is 304 g/mol. The van der Waals surface area contributed by atoms with Crippen molar-refractivity contribution in [2.45, 2.75) is 26.4 Å². The van der Waals surface area contributed by atoms with Crippen molar-refractivity contribution in [1.29, 1.82) is 0 Å². The molecule has 0 radical (unpaired) electrons. The topological polar surface area (TPSA) is 55.1 Å².